The number of hydrogen-bond donors (Lipinski definition) is 1. The zero-order valence-electron chi connectivity index (χ0n) is 8.66. The molecule has 0 bridgehead atoms. The summed E-state index contributed by atoms with van der Waals surface area (Å²) in [5.74, 6) is -0.0172. The van der Waals surface area contributed by atoms with E-state index in [4.69, 9.17) is 0 Å². The van der Waals surface area contributed by atoms with Gasteiger partial charge in [0.05, 0.1) is 19.1 Å². The molecule has 0 aromatic rings. The van der Waals surface area contributed by atoms with Gasteiger partial charge in [-0.25, -0.2) is 0 Å². The van der Waals surface area contributed by atoms with Gasteiger partial charge in [-0.1, -0.05) is 0 Å². The summed E-state index contributed by atoms with van der Waals surface area (Å²) < 4.78 is 4.60. The number of ketones is 2. The smallest absolute Gasteiger partial charge is 0.162 e. The molecule has 0 radical (unpaired) electrons. The van der Waals surface area contributed by atoms with Gasteiger partial charge >= 0.3 is 0 Å². The molecule has 1 N–H and O–H groups in total. The maximum atomic E-state index is 11.2. The van der Waals surface area contributed by atoms with E-state index in [9.17, 15) is 14.7 Å². The Hall–Kier alpha value is -1.58. The molecule has 15 heavy (non-hydrogen) atoms. The Morgan fingerprint density at radius 1 is 1.53 bits per heavy atom. The summed E-state index contributed by atoms with van der Waals surface area (Å²) in [6, 6.07) is 0. The number of hydrogen-bond acceptors (Lipinski definition) is 4. The van der Waals surface area contributed by atoms with E-state index < -0.39 is 0 Å². The van der Waals surface area contributed by atoms with Crippen LogP contribution >= 0.6 is 0 Å². The highest BCUT2D eigenvalue weighted by Gasteiger charge is 2.22. The molecule has 82 valence electrons. The van der Waals surface area contributed by atoms with Gasteiger partial charge in [0.25, 0.3) is 0 Å². The summed E-state index contributed by atoms with van der Waals surface area (Å²) in [6.45, 7) is 0. The molecule has 0 saturated heterocycles. The van der Waals surface area contributed by atoms with Crippen molar-refractivity contribution in [1.29, 1.82) is 0 Å². The van der Waals surface area contributed by atoms with Crippen molar-refractivity contribution in [3.63, 3.8) is 0 Å². The highest BCUT2D eigenvalue weighted by atomic mass is 16.5. The van der Waals surface area contributed by atoms with Crippen molar-refractivity contribution in [1.82, 2.24) is 0 Å². The largest absolute Gasteiger partial charge is 0.512 e. The molecule has 0 aliphatic heterocycles. The predicted octanol–water partition coefficient (Wildman–Crippen LogP) is 1.67. The van der Waals surface area contributed by atoms with Gasteiger partial charge in [0.1, 0.15) is 0 Å². The molecular weight excluding hydrogens is 196 g/mol. The van der Waals surface area contributed by atoms with Crippen LogP contribution in [0, 0.1) is 0 Å². The molecule has 0 unspecified atom stereocenters. The van der Waals surface area contributed by atoms with Crippen molar-refractivity contribution >= 4 is 11.6 Å². The molecule has 1 rings (SSSR count). The zero-order valence-corrected chi connectivity index (χ0v) is 8.66. The number of ether oxygens (including phenoxy) is 1. The number of Topliss-reactive ketones (excluding diaryl/α,β-unsaturated/α-hetero) is 1. The van der Waals surface area contributed by atoms with E-state index in [2.05, 4.69) is 4.74 Å². The lowest BCUT2D eigenvalue weighted by molar-refractivity contribution is -0.115. The number of carbonyl (C=O) groups is 2. The summed E-state index contributed by atoms with van der Waals surface area (Å²) in [4.78, 5) is 22.4. The second kappa shape index (κ2) is 5.34. The Bertz CT molecular complexity index is 325. The first kappa shape index (κ1) is 11.5. The molecule has 4 heteroatoms. The molecule has 0 saturated carbocycles. The van der Waals surface area contributed by atoms with E-state index >= 15 is 0 Å². The third kappa shape index (κ3) is 3.23. The maximum Gasteiger partial charge on any atom is 0.162 e. The van der Waals surface area contributed by atoms with Crippen LogP contribution < -0.4 is 0 Å². The average molecular weight is 210 g/mol. The third-order valence-corrected chi connectivity index (χ3v) is 2.29. The fourth-order valence-electron chi connectivity index (χ4n) is 1.45. The van der Waals surface area contributed by atoms with Gasteiger partial charge in [-0.05, 0) is 6.42 Å². The predicted molar refractivity (Wildman–Crippen MR) is 54.3 cm³/mol. The molecule has 4 nitrogen and oxygen atoms in total. The van der Waals surface area contributed by atoms with Crippen LogP contribution in [0.2, 0.25) is 0 Å². The topological polar surface area (TPSA) is 63.6 Å². The van der Waals surface area contributed by atoms with E-state index in [1.807, 2.05) is 0 Å². The monoisotopic (exact) mass is 210 g/mol. The van der Waals surface area contributed by atoms with Crippen molar-refractivity contribution in [2.24, 2.45) is 0 Å². The van der Waals surface area contributed by atoms with Crippen LogP contribution in [0.3, 0.4) is 0 Å². The lowest BCUT2D eigenvalue weighted by atomic mass is 10.1. The zero-order chi connectivity index (χ0) is 11.3. The molecule has 0 aromatic heterocycles. The number of rotatable bonds is 5. The molecule has 1 aliphatic carbocycles. The van der Waals surface area contributed by atoms with Crippen LogP contribution in [0.4, 0.5) is 0 Å². The summed E-state index contributed by atoms with van der Waals surface area (Å²) in [5, 5.41) is 9.35. The van der Waals surface area contributed by atoms with Gasteiger partial charge in [0.15, 0.2) is 11.6 Å². The summed E-state index contributed by atoms with van der Waals surface area (Å²) in [6.07, 6.45) is 3.94. The molecule has 0 atom stereocenters. The van der Waals surface area contributed by atoms with Crippen molar-refractivity contribution in [3.8, 4) is 0 Å². The lowest BCUT2D eigenvalue weighted by Gasteiger charge is -1.99. The highest BCUT2D eigenvalue weighted by molar-refractivity contribution is 5.99. The fourth-order valence-corrected chi connectivity index (χ4v) is 1.45. The van der Waals surface area contributed by atoms with Crippen LogP contribution in [-0.4, -0.2) is 23.8 Å². The minimum absolute atomic E-state index is 0.0454. The van der Waals surface area contributed by atoms with E-state index in [0.29, 0.717) is 24.8 Å². The summed E-state index contributed by atoms with van der Waals surface area (Å²) in [5.41, 5.74) is 0.411. The molecule has 0 spiro atoms. The Morgan fingerprint density at radius 2 is 2.27 bits per heavy atom. The normalized spacial score (nSPS) is 16.5. The molecule has 0 heterocycles. The third-order valence-electron chi connectivity index (χ3n) is 2.29. The summed E-state index contributed by atoms with van der Waals surface area (Å²) in [7, 11) is 1.46. The van der Waals surface area contributed by atoms with Crippen LogP contribution in [-0.2, 0) is 14.3 Å². The molecular formula is C11H14O4. The first-order valence-corrected chi connectivity index (χ1v) is 4.81. The van der Waals surface area contributed by atoms with Gasteiger partial charge < -0.3 is 9.84 Å². The minimum Gasteiger partial charge on any atom is -0.512 e. The number of aliphatic hydroxyl groups is 1. The fraction of sp³-hybridized carbons (Fsp3) is 0.455. The van der Waals surface area contributed by atoms with Gasteiger partial charge in [-0.2, -0.15) is 0 Å². The van der Waals surface area contributed by atoms with E-state index in [-0.39, 0.29) is 23.7 Å². The minimum atomic E-state index is -0.114. The van der Waals surface area contributed by atoms with Crippen molar-refractivity contribution < 1.29 is 19.4 Å². The first-order chi connectivity index (χ1) is 7.15. The van der Waals surface area contributed by atoms with Crippen LogP contribution in [0.5, 0.6) is 0 Å². The van der Waals surface area contributed by atoms with E-state index in [0.717, 1.165) is 0 Å². The number of allylic oxidation sites excluding steroid dienone is 3. The average Bonchev–Trinajstić information content (AvgIpc) is 2.53. The van der Waals surface area contributed by atoms with Gasteiger partial charge in [0, 0.05) is 30.9 Å². The maximum absolute atomic E-state index is 11.2. The SMILES string of the molecule is CO/C=C/C(=O)CCC1=C(O)CCC1=O. The molecule has 0 amide bonds. The lowest BCUT2D eigenvalue weighted by Crippen LogP contribution is -2.00. The highest BCUT2D eigenvalue weighted by Crippen LogP contribution is 2.24. The Labute approximate surface area is 88.2 Å². The van der Waals surface area contributed by atoms with Gasteiger partial charge in [0.2, 0.25) is 0 Å². The first-order valence-electron chi connectivity index (χ1n) is 4.81. The van der Waals surface area contributed by atoms with E-state index in [1.165, 1.54) is 19.4 Å². The summed E-state index contributed by atoms with van der Waals surface area (Å²) >= 11 is 0. The number of carbonyl (C=O) groups excluding carboxylic acids is 2. The number of methoxy groups -OCH3 is 1. The van der Waals surface area contributed by atoms with Crippen molar-refractivity contribution in [3.05, 3.63) is 23.7 Å². The Balaban J connectivity index is 2.43. The number of aliphatic hydroxyl groups excluding tert-OH is 1. The Kier molecular flexibility index (Phi) is 4.09. The van der Waals surface area contributed by atoms with Crippen molar-refractivity contribution in [2.45, 2.75) is 25.7 Å². The standard InChI is InChI=1S/C11H14O4/c1-15-7-6-8(12)2-3-9-10(13)4-5-11(9)14/h6-7,13H,2-5H2,1H3/b7-6+. The molecule has 0 aromatic carbocycles. The van der Waals surface area contributed by atoms with Gasteiger partial charge in [-0.15, -0.1) is 0 Å². The molecule has 1 aliphatic rings. The van der Waals surface area contributed by atoms with Crippen LogP contribution in [0.15, 0.2) is 23.7 Å². The Morgan fingerprint density at radius 3 is 2.80 bits per heavy atom. The second-order valence-electron chi connectivity index (χ2n) is 3.35. The van der Waals surface area contributed by atoms with Crippen molar-refractivity contribution in [2.75, 3.05) is 7.11 Å². The van der Waals surface area contributed by atoms with Crippen LogP contribution in [0.25, 0.3) is 0 Å². The van der Waals surface area contributed by atoms with E-state index in [1.54, 1.807) is 0 Å². The van der Waals surface area contributed by atoms with Crippen LogP contribution in [0.1, 0.15) is 25.7 Å². The quantitative estimate of drug-likeness (QED) is 0.553. The second-order valence-corrected chi connectivity index (χ2v) is 3.35. The molecule has 0 fully saturated rings. The van der Waals surface area contributed by atoms with Gasteiger partial charge in [-0.3, -0.25) is 9.59 Å².